The number of amides is 1. The lowest BCUT2D eigenvalue weighted by atomic mass is 9.98. The van der Waals surface area contributed by atoms with E-state index in [1.807, 2.05) is 0 Å². The summed E-state index contributed by atoms with van der Waals surface area (Å²) in [4.78, 5) is 22.5. The van der Waals surface area contributed by atoms with Gasteiger partial charge in [-0.15, -0.1) is 0 Å². The Balaban J connectivity index is 2.25. The number of aryl methyl sites for hydroxylation is 2. The van der Waals surface area contributed by atoms with E-state index < -0.39 is 0 Å². The molecule has 0 heterocycles. The zero-order valence-electron chi connectivity index (χ0n) is 9.01. The summed E-state index contributed by atoms with van der Waals surface area (Å²) in [7, 11) is 0. The van der Waals surface area contributed by atoms with Gasteiger partial charge in [0.25, 0.3) is 0 Å². The second-order valence-electron chi connectivity index (χ2n) is 4.46. The van der Waals surface area contributed by atoms with E-state index in [0.29, 0.717) is 12.8 Å². The summed E-state index contributed by atoms with van der Waals surface area (Å²) in [6.45, 7) is 0. The molecule has 0 saturated carbocycles. The molecule has 0 spiro atoms. The van der Waals surface area contributed by atoms with E-state index >= 15 is 0 Å². The summed E-state index contributed by atoms with van der Waals surface area (Å²) in [5.74, 6) is 0.175. The highest BCUT2D eigenvalue weighted by Crippen LogP contribution is 2.38. The molecule has 1 amide bonds. The first kappa shape index (κ1) is 9.58. The van der Waals surface area contributed by atoms with E-state index in [1.165, 1.54) is 11.1 Å². The second-order valence-corrected chi connectivity index (χ2v) is 4.46. The van der Waals surface area contributed by atoms with Crippen LogP contribution < -0.4 is 5.32 Å². The molecule has 0 radical (unpaired) electrons. The van der Waals surface area contributed by atoms with Gasteiger partial charge in [0.15, 0.2) is 5.78 Å². The Morgan fingerprint density at radius 2 is 2.00 bits per heavy atom. The van der Waals surface area contributed by atoms with Crippen molar-refractivity contribution in [2.75, 3.05) is 5.32 Å². The van der Waals surface area contributed by atoms with Crippen molar-refractivity contribution < 1.29 is 9.59 Å². The van der Waals surface area contributed by atoms with Gasteiger partial charge in [0.1, 0.15) is 0 Å². The average molecular weight is 215 g/mol. The summed E-state index contributed by atoms with van der Waals surface area (Å²) in [5, 5.41) is 2.74. The van der Waals surface area contributed by atoms with Crippen LogP contribution in [0.4, 0.5) is 5.69 Å². The number of fused-ring (bicyclic) bond motifs is 2. The predicted molar refractivity (Wildman–Crippen MR) is 60.8 cm³/mol. The Bertz CT molecular complexity index is 491. The van der Waals surface area contributed by atoms with Gasteiger partial charge in [0.05, 0.1) is 5.69 Å². The monoisotopic (exact) mass is 215 g/mol. The maximum Gasteiger partial charge on any atom is 0.211 e. The number of ketones is 1. The fourth-order valence-corrected chi connectivity index (χ4v) is 2.91. The molecule has 0 fully saturated rings. The molecule has 0 unspecified atom stereocenters. The molecule has 3 nitrogen and oxygen atoms in total. The molecule has 1 aromatic rings. The standard InChI is InChI=1S/C13H13NO2/c15-7-14-13-10-3-1-2-8(10)6-9-4-5-11(16)12(9)13/h6-7H,1-5H2,(H,14,15). The maximum atomic E-state index is 11.8. The molecule has 3 rings (SSSR count). The highest BCUT2D eigenvalue weighted by Gasteiger charge is 2.28. The molecule has 0 bridgehead atoms. The number of carbonyl (C=O) groups is 2. The summed E-state index contributed by atoms with van der Waals surface area (Å²) >= 11 is 0. The van der Waals surface area contributed by atoms with Crippen molar-refractivity contribution in [3.63, 3.8) is 0 Å². The lowest BCUT2D eigenvalue weighted by molar-refractivity contribution is -0.105. The van der Waals surface area contributed by atoms with Crippen LogP contribution in [0.25, 0.3) is 0 Å². The molecular weight excluding hydrogens is 202 g/mol. The Kier molecular flexibility index (Phi) is 2.06. The number of hydrogen-bond donors (Lipinski definition) is 1. The molecule has 1 aromatic carbocycles. The molecular formula is C13H13NO2. The third-order valence-electron chi connectivity index (χ3n) is 3.59. The number of anilines is 1. The third-order valence-corrected chi connectivity index (χ3v) is 3.59. The van der Waals surface area contributed by atoms with Gasteiger partial charge in [-0.05, 0) is 42.4 Å². The first-order valence-electron chi connectivity index (χ1n) is 5.72. The van der Waals surface area contributed by atoms with Crippen molar-refractivity contribution in [3.05, 3.63) is 28.3 Å². The van der Waals surface area contributed by atoms with Gasteiger partial charge in [-0.2, -0.15) is 0 Å². The number of hydrogen-bond acceptors (Lipinski definition) is 2. The zero-order chi connectivity index (χ0) is 11.1. The number of carbonyl (C=O) groups excluding carboxylic acids is 2. The van der Waals surface area contributed by atoms with Crippen molar-refractivity contribution in [2.45, 2.75) is 32.1 Å². The van der Waals surface area contributed by atoms with Gasteiger partial charge >= 0.3 is 0 Å². The minimum Gasteiger partial charge on any atom is -0.328 e. The molecule has 0 aliphatic heterocycles. The van der Waals surface area contributed by atoms with E-state index in [9.17, 15) is 9.59 Å². The van der Waals surface area contributed by atoms with E-state index in [0.717, 1.165) is 42.5 Å². The molecule has 16 heavy (non-hydrogen) atoms. The van der Waals surface area contributed by atoms with Crippen molar-refractivity contribution >= 4 is 17.9 Å². The van der Waals surface area contributed by atoms with Crippen LogP contribution >= 0.6 is 0 Å². The van der Waals surface area contributed by atoms with Crippen molar-refractivity contribution in [1.82, 2.24) is 0 Å². The van der Waals surface area contributed by atoms with Crippen LogP contribution in [0.2, 0.25) is 0 Å². The molecule has 0 aromatic heterocycles. The fraction of sp³-hybridized carbons (Fsp3) is 0.385. The van der Waals surface area contributed by atoms with Gasteiger partial charge < -0.3 is 5.32 Å². The molecule has 82 valence electrons. The lowest BCUT2D eigenvalue weighted by Crippen LogP contribution is -2.06. The van der Waals surface area contributed by atoms with E-state index in [-0.39, 0.29) is 5.78 Å². The Morgan fingerprint density at radius 3 is 2.81 bits per heavy atom. The first-order valence-corrected chi connectivity index (χ1v) is 5.72. The van der Waals surface area contributed by atoms with Crippen LogP contribution in [0.3, 0.4) is 0 Å². The second kappa shape index (κ2) is 3.44. The topological polar surface area (TPSA) is 46.2 Å². The average Bonchev–Trinajstić information content (AvgIpc) is 2.86. The molecule has 2 aliphatic rings. The SMILES string of the molecule is O=CNc1c2c(cc3c1C(=O)CC3)CCC2. The fourth-order valence-electron chi connectivity index (χ4n) is 2.91. The highest BCUT2D eigenvalue weighted by molar-refractivity contribution is 6.07. The Morgan fingerprint density at radius 1 is 1.12 bits per heavy atom. The minimum atomic E-state index is 0.175. The molecule has 0 saturated heterocycles. The van der Waals surface area contributed by atoms with Gasteiger partial charge in [0.2, 0.25) is 6.41 Å². The predicted octanol–water partition coefficient (Wildman–Crippen LogP) is 1.87. The Labute approximate surface area is 93.8 Å². The maximum absolute atomic E-state index is 11.8. The summed E-state index contributed by atoms with van der Waals surface area (Å²) in [6.07, 6.45) is 5.27. The van der Waals surface area contributed by atoms with Crippen LogP contribution in [0.15, 0.2) is 6.07 Å². The van der Waals surface area contributed by atoms with E-state index in [1.54, 1.807) is 0 Å². The first-order chi connectivity index (χ1) is 7.81. The minimum absolute atomic E-state index is 0.175. The van der Waals surface area contributed by atoms with Crippen LogP contribution in [0.5, 0.6) is 0 Å². The van der Waals surface area contributed by atoms with Crippen LogP contribution in [-0.4, -0.2) is 12.2 Å². The number of nitrogens with one attached hydrogen (secondary N) is 1. The molecule has 1 N–H and O–H groups in total. The van der Waals surface area contributed by atoms with Crippen LogP contribution in [0, 0.1) is 0 Å². The van der Waals surface area contributed by atoms with Crippen molar-refractivity contribution in [3.8, 4) is 0 Å². The third kappa shape index (κ3) is 1.21. The summed E-state index contributed by atoms with van der Waals surface area (Å²) in [6, 6.07) is 2.17. The molecule has 2 aliphatic carbocycles. The number of rotatable bonds is 2. The number of benzene rings is 1. The quantitative estimate of drug-likeness (QED) is 0.765. The molecule has 0 atom stereocenters. The lowest BCUT2D eigenvalue weighted by Gasteiger charge is -2.12. The number of Topliss-reactive ketones (excluding diaryl/α,β-unsaturated/α-hetero) is 1. The summed E-state index contributed by atoms with van der Waals surface area (Å²) < 4.78 is 0. The zero-order valence-corrected chi connectivity index (χ0v) is 9.01. The largest absolute Gasteiger partial charge is 0.328 e. The van der Waals surface area contributed by atoms with Gasteiger partial charge in [0, 0.05) is 12.0 Å². The Hall–Kier alpha value is -1.64. The van der Waals surface area contributed by atoms with Gasteiger partial charge in [-0.25, -0.2) is 0 Å². The van der Waals surface area contributed by atoms with Gasteiger partial charge in [-0.1, -0.05) is 6.07 Å². The van der Waals surface area contributed by atoms with E-state index in [4.69, 9.17) is 0 Å². The smallest absolute Gasteiger partial charge is 0.211 e. The van der Waals surface area contributed by atoms with Crippen molar-refractivity contribution in [2.24, 2.45) is 0 Å². The van der Waals surface area contributed by atoms with E-state index in [2.05, 4.69) is 11.4 Å². The molecule has 3 heteroatoms. The normalized spacial score (nSPS) is 17.1. The highest BCUT2D eigenvalue weighted by atomic mass is 16.1. The van der Waals surface area contributed by atoms with Crippen LogP contribution in [-0.2, 0) is 24.1 Å². The van der Waals surface area contributed by atoms with Crippen molar-refractivity contribution in [1.29, 1.82) is 0 Å². The van der Waals surface area contributed by atoms with Crippen LogP contribution in [0.1, 0.15) is 39.9 Å². The van der Waals surface area contributed by atoms with Gasteiger partial charge in [-0.3, -0.25) is 9.59 Å². The summed E-state index contributed by atoms with van der Waals surface area (Å²) in [5.41, 5.74) is 5.18.